The lowest BCUT2D eigenvalue weighted by Gasteiger charge is -2.27. The van der Waals surface area contributed by atoms with E-state index in [0.717, 1.165) is 6.07 Å². The average molecular weight is 467 g/mol. The Morgan fingerprint density at radius 1 is 0.941 bits per heavy atom. The van der Waals surface area contributed by atoms with Crippen LogP contribution in [0.25, 0.3) is 22.0 Å². The van der Waals surface area contributed by atoms with E-state index in [1.165, 1.54) is 12.1 Å². The molecular formula is C23H20F3N7O. The second-order valence-electron chi connectivity index (χ2n) is 7.70. The molecule has 0 saturated carbocycles. The van der Waals surface area contributed by atoms with Gasteiger partial charge in [0.15, 0.2) is 0 Å². The number of aromatic nitrogens is 4. The largest absolute Gasteiger partial charge is 0.417 e. The number of nitrogens with two attached hydrogens (primary N) is 1. The topological polar surface area (TPSA) is 102 Å². The van der Waals surface area contributed by atoms with Crippen LogP contribution in [0.4, 0.5) is 36.6 Å². The number of anilines is 4. The van der Waals surface area contributed by atoms with Crippen LogP contribution in [0.15, 0.2) is 54.9 Å². The number of benzene rings is 2. The van der Waals surface area contributed by atoms with E-state index in [0.29, 0.717) is 60.4 Å². The van der Waals surface area contributed by atoms with Gasteiger partial charge in [0.25, 0.3) is 0 Å². The summed E-state index contributed by atoms with van der Waals surface area (Å²) in [5.41, 5.74) is 6.60. The lowest BCUT2D eigenvalue weighted by atomic mass is 10.0. The van der Waals surface area contributed by atoms with E-state index in [2.05, 4.69) is 25.3 Å². The van der Waals surface area contributed by atoms with Crippen LogP contribution in [0.1, 0.15) is 5.56 Å². The fourth-order valence-corrected chi connectivity index (χ4v) is 3.83. The first-order valence-electron chi connectivity index (χ1n) is 10.5. The standard InChI is InChI=1S/C23H20F3N7O/c24-23(25,26)17-5-1-4-16-15(17)3-2-6-18(16)30-20-11-19(14-12-28-21(27)29-13-14)31-22(32-20)33-7-9-34-10-8-33/h1-6,11-13H,7-10H2,(H2,27,28,29)(H,30,31,32). The van der Waals surface area contributed by atoms with Gasteiger partial charge >= 0.3 is 6.18 Å². The van der Waals surface area contributed by atoms with Crippen molar-refractivity contribution in [3.63, 3.8) is 0 Å². The molecule has 1 fully saturated rings. The Bertz CT molecular complexity index is 1320. The van der Waals surface area contributed by atoms with E-state index >= 15 is 0 Å². The predicted molar refractivity (Wildman–Crippen MR) is 123 cm³/mol. The highest BCUT2D eigenvalue weighted by molar-refractivity contribution is 5.97. The van der Waals surface area contributed by atoms with Crippen LogP contribution in [0.2, 0.25) is 0 Å². The maximum absolute atomic E-state index is 13.5. The van der Waals surface area contributed by atoms with Gasteiger partial charge in [-0.1, -0.05) is 24.3 Å². The fraction of sp³-hybridized carbons (Fsp3) is 0.217. The number of fused-ring (bicyclic) bond motifs is 1. The first kappa shape index (κ1) is 21.8. The van der Waals surface area contributed by atoms with Crippen LogP contribution >= 0.6 is 0 Å². The van der Waals surface area contributed by atoms with Crippen LogP contribution in [-0.2, 0) is 10.9 Å². The number of hydrogen-bond donors (Lipinski definition) is 2. The van der Waals surface area contributed by atoms with Gasteiger partial charge in [-0.25, -0.2) is 15.0 Å². The molecule has 0 bridgehead atoms. The van der Waals surface area contributed by atoms with Crippen molar-refractivity contribution < 1.29 is 17.9 Å². The molecule has 11 heteroatoms. The molecular weight excluding hydrogens is 447 g/mol. The fourth-order valence-electron chi connectivity index (χ4n) is 3.83. The number of halogens is 3. The van der Waals surface area contributed by atoms with Crippen molar-refractivity contribution in [1.82, 2.24) is 19.9 Å². The number of nitrogens with one attached hydrogen (secondary N) is 1. The van der Waals surface area contributed by atoms with E-state index < -0.39 is 11.7 Å². The van der Waals surface area contributed by atoms with Gasteiger partial charge in [0.1, 0.15) is 5.82 Å². The summed E-state index contributed by atoms with van der Waals surface area (Å²) < 4.78 is 46.0. The molecule has 3 N–H and O–H groups in total. The first-order chi connectivity index (χ1) is 16.4. The van der Waals surface area contributed by atoms with Gasteiger partial charge < -0.3 is 20.7 Å². The highest BCUT2D eigenvalue weighted by atomic mass is 19.4. The molecule has 1 aliphatic heterocycles. The quantitative estimate of drug-likeness (QED) is 0.459. The number of alkyl halides is 3. The van der Waals surface area contributed by atoms with Crippen LogP contribution < -0.4 is 16.0 Å². The number of ether oxygens (including phenoxy) is 1. The highest BCUT2D eigenvalue weighted by Crippen LogP contribution is 2.37. The number of morpholine rings is 1. The third kappa shape index (κ3) is 4.42. The number of rotatable bonds is 4. The van der Waals surface area contributed by atoms with Gasteiger partial charge in [0.2, 0.25) is 11.9 Å². The zero-order valence-electron chi connectivity index (χ0n) is 17.9. The van der Waals surface area contributed by atoms with E-state index in [4.69, 9.17) is 10.5 Å². The molecule has 4 aromatic rings. The Kier molecular flexibility index (Phi) is 5.62. The molecule has 1 aliphatic rings. The van der Waals surface area contributed by atoms with Crippen molar-refractivity contribution in [2.45, 2.75) is 6.18 Å². The molecule has 2 aromatic heterocycles. The minimum atomic E-state index is -4.46. The van der Waals surface area contributed by atoms with Crippen molar-refractivity contribution >= 4 is 34.2 Å². The summed E-state index contributed by atoms with van der Waals surface area (Å²) in [5, 5.41) is 3.72. The molecule has 0 amide bonds. The van der Waals surface area contributed by atoms with Crippen molar-refractivity contribution in [3.8, 4) is 11.3 Å². The average Bonchev–Trinajstić information content (AvgIpc) is 2.84. The van der Waals surface area contributed by atoms with E-state index in [9.17, 15) is 13.2 Å². The monoisotopic (exact) mass is 467 g/mol. The van der Waals surface area contributed by atoms with Crippen molar-refractivity contribution in [3.05, 3.63) is 60.4 Å². The maximum atomic E-state index is 13.5. The molecule has 0 atom stereocenters. The molecule has 0 aliphatic carbocycles. The molecule has 5 rings (SSSR count). The van der Waals surface area contributed by atoms with Crippen LogP contribution in [0, 0.1) is 0 Å². The first-order valence-corrected chi connectivity index (χ1v) is 10.5. The summed E-state index contributed by atoms with van der Waals surface area (Å²) in [5.74, 6) is 1.03. The minimum Gasteiger partial charge on any atom is -0.378 e. The lowest BCUT2D eigenvalue weighted by Crippen LogP contribution is -2.37. The molecule has 0 spiro atoms. The highest BCUT2D eigenvalue weighted by Gasteiger charge is 2.32. The summed E-state index contributed by atoms with van der Waals surface area (Å²) in [4.78, 5) is 19.3. The Morgan fingerprint density at radius 3 is 2.38 bits per heavy atom. The maximum Gasteiger partial charge on any atom is 0.417 e. The molecule has 8 nitrogen and oxygen atoms in total. The van der Waals surface area contributed by atoms with E-state index in [1.54, 1.807) is 36.7 Å². The number of nitrogen functional groups attached to an aromatic ring is 1. The van der Waals surface area contributed by atoms with Gasteiger partial charge in [-0.15, -0.1) is 0 Å². The molecule has 1 saturated heterocycles. The van der Waals surface area contributed by atoms with Crippen LogP contribution in [-0.4, -0.2) is 46.2 Å². The van der Waals surface area contributed by atoms with E-state index in [-0.39, 0.29) is 11.3 Å². The molecule has 2 aromatic carbocycles. The Morgan fingerprint density at radius 2 is 1.65 bits per heavy atom. The second-order valence-corrected chi connectivity index (χ2v) is 7.70. The number of nitrogens with zero attached hydrogens (tertiary/aromatic N) is 5. The smallest absolute Gasteiger partial charge is 0.378 e. The Balaban J connectivity index is 1.59. The van der Waals surface area contributed by atoms with E-state index in [1.807, 2.05) is 4.90 Å². The van der Waals surface area contributed by atoms with Crippen LogP contribution in [0.5, 0.6) is 0 Å². The second kappa shape index (κ2) is 8.75. The zero-order valence-corrected chi connectivity index (χ0v) is 17.9. The van der Waals surface area contributed by atoms with Crippen molar-refractivity contribution in [2.24, 2.45) is 0 Å². The van der Waals surface area contributed by atoms with Gasteiger partial charge in [0.05, 0.1) is 24.5 Å². The third-order valence-electron chi connectivity index (χ3n) is 5.47. The summed E-state index contributed by atoms with van der Waals surface area (Å²) in [6.45, 7) is 2.32. The molecule has 0 unspecified atom stereocenters. The molecule has 3 heterocycles. The molecule has 174 valence electrons. The minimum absolute atomic E-state index is 0.106. The van der Waals surface area contributed by atoms with Gasteiger partial charge in [0, 0.05) is 48.2 Å². The van der Waals surface area contributed by atoms with Crippen molar-refractivity contribution in [1.29, 1.82) is 0 Å². The van der Waals surface area contributed by atoms with Gasteiger partial charge in [-0.05, 0) is 17.5 Å². The van der Waals surface area contributed by atoms with Gasteiger partial charge in [-0.2, -0.15) is 18.2 Å². The Hall–Kier alpha value is -3.99. The summed E-state index contributed by atoms with van der Waals surface area (Å²) in [6.07, 6.45) is -1.34. The summed E-state index contributed by atoms with van der Waals surface area (Å²) in [6, 6.07) is 10.6. The summed E-state index contributed by atoms with van der Waals surface area (Å²) >= 11 is 0. The molecule has 0 radical (unpaired) electrons. The van der Waals surface area contributed by atoms with Gasteiger partial charge in [-0.3, -0.25) is 0 Å². The lowest BCUT2D eigenvalue weighted by molar-refractivity contribution is -0.136. The normalized spacial score (nSPS) is 14.4. The summed E-state index contributed by atoms with van der Waals surface area (Å²) in [7, 11) is 0. The SMILES string of the molecule is Nc1ncc(-c2cc(Nc3cccc4c(C(F)(F)F)cccc34)nc(N3CCOCC3)n2)cn1. The van der Waals surface area contributed by atoms with Crippen molar-refractivity contribution in [2.75, 3.05) is 42.3 Å². The van der Waals surface area contributed by atoms with Crippen LogP contribution in [0.3, 0.4) is 0 Å². The zero-order chi connectivity index (χ0) is 23.7. The third-order valence-corrected chi connectivity index (χ3v) is 5.47. The number of hydrogen-bond acceptors (Lipinski definition) is 8. The Labute approximate surface area is 192 Å². The molecule has 34 heavy (non-hydrogen) atoms. The predicted octanol–water partition coefficient (Wildman–Crippen LogP) is 4.27.